The van der Waals surface area contributed by atoms with E-state index in [-0.39, 0.29) is 6.10 Å². The Balaban J connectivity index is 1.83. The third-order valence-electron chi connectivity index (χ3n) is 3.98. The molecule has 0 radical (unpaired) electrons. The van der Waals surface area contributed by atoms with Crippen molar-refractivity contribution in [1.29, 1.82) is 0 Å². The number of ether oxygens (including phenoxy) is 1. The van der Waals surface area contributed by atoms with E-state index in [1.165, 1.54) is 0 Å². The van der Waals surface area contributed by atoms with E-state index in [1.54, 1.807) is 6.20 Å². The fourth-order valence-electron chi connectivity index (χ4n) is 2.89. The van der Waals surface area contributed by atoms with Crippen LogP contribution in [-0.4, -0.2) is 16.2 Å². The van der Waals surface area contributed by atoms with Gasteiger partial charge in [0.05, 0.1) is 6.10 Å². The van der Waals surface area contributed by atoms with Gasteiger partial charge in [-0.05, 0) is 55.5 Å². The lowest BCUT2D eigenvalue weighted by molar-refractivity contribution is 0.119. The first-order chi connectivity index (χ1) is 10.2. The first-order valence-corrected chi connectivity index (χ1v) is 7.39. The van der Waals surface area contributed by atoms with Crippen LogP contribution >= 0.6 is 0 Å². The molecule has 1 aromatic carbocycles. The van der Waals surface area contributed by atoms with Crippen molar-refractivity contribution < 1.29 is 9.84 Å². The third kappa shape index (κ3) is 3.34. The predicted molar refractivity (Wildman–Crippen MR) is 82.4 cm³/mol. The van der Waals surface area contributed by atoms with E-state index >= 15 is 0 Å². The lowest BCUT2D eigenvalue weighted by Gasteiger charge is -2.27. The second kappa shape index (κ2) is 6.14. The molecule has 0 spiro atoms. The van der Waals surface area contributed by atoms with Crippen molar-refractivity contribution in [2.75, 3.05) is 5.73 Å². The molecular formula is C17H20N2O2. The summed E-state index contributed by atoms with van der Waals surface area (Å²) in [5.74, 6) is 1.66. The van der Waals surface area contributed by atoms with Crippen LogP contribution in [0.3, 0.4) is 0 Å². The summed E-state index contributed by atoms with van der Waals surface area (Å²) < 4.78 is 5.90. The molecule has 3 rings (SSSR count). The highest BCUT2D eigenvalue weighted by atomic mass is 16.5. The van der Waals surface area contributed by atoms with Gasteiger partial charge in [-0.2, -0.15) is 0 Å². The second-order valence-corrected chi connectivity index (χ2v) is 5.59. The van der Waals surface area contributed by atoms with Gasteiger partial charge < -0.3 is 15.6 Å². The summed E-state index contributed by atoms with van der Waals surface area (Å²) in [6.07, 6.45) is 5.31. The molecule has 1 saturated carbocycles. The number of aliphatic hydroxyl groups excluding tert-OH is 1. The minimum Gasteiger partial charge on any atom is -0.439 e. The van der Waals surface area contributed by atoms with Gasteiger partial charge in [-0.25, -0.2) is 4.98 Å². The van der Waals surface area contributed by atoms with Crippen LogP contribution in [0, 0.1) is 0 Å². The smallest absolute Gasteiger partial charge is 0.222 e. The number of aliphatic hydroxyl groups is 1. The predicted octanol–water partition coefficient (Wildman–Crippen LogP) is 3.47. The molecular weight excluding hydrogens is 264 g/mol. The second-order valence-electron chi connectivity index (χ2n) is 5.59. The summed E-state index contributed by atoms with van der Waals surface area (Å²) in [7, 11) is 0. The van der Waals surface area contributed by atoms with Gasteiger partial charge >= 0.3 is 0 Å². The van der Waals surface area contributed by atoms with E-state index in [9.17, 15) is 5.11 Å². The van der Waals surface area contributed by atoms with E-state index in [0.717, 1.165) is 37.0 Å². The summed E-state index contributed by atoms with van der Waals surface area (Å²) in [4.78, 5) is 4.36. The molecule has 21 heavy (non-hydrogen) atoms. The minimum absolute atomic E-state index is 0.215. The van der Waals surface area contributed by atoms with Crippen molar-refractivity contribution in [2.24, 2.45) is 0 Å². The van der Waals surface area contributed by atoms with Crippen LogP contribution in [-0.2, 0) is 0 Å². The lowest BCUT2D eigenvalue weighted by Crippen LogP contribution is -2.18. The standard InChI is InChI=1S/C17H20N2O2/c18-13-6-8-15(9-7-13)21-17-16(5-2-10-19-17)12-3-1-4-14(20)11-12/h2,5-10,12,14,20H,1,3-4,11,18H2/t12-,14?/m0/s1. The zero-order valence-electron chi connectivity index (χ0n) is 11.9. The maximum absolute atomic E-state index is 9.88. The number of anilines is 1. The Morgan fingerprint density at radius 2 is 1.95 bits per heavy atom. The Morgan fingerprint density at radius 1 is 1.14 bits per heavy atom. The van der Waals surface area contributed by atoms with Gasteiger partial charge in [0.25, 0.3) is 0 Å². The number of nitrogen functional groups attached to an aromatic ring is 1. The average Bonchev–Trinajstić information content (AvgIpc) is 2.50. The van der Waals surface area contributed by atoms with Crippen LogP contribution in [0.5, 0.6) is 11.6 Å². The Hall–Kier alpha value is -2.07. The van der Waals surface area contributed by atoms with Crippen LogP contribution in [0.1, 0.15) is 37.2 Å². The highest BCUT2D eigenvalue weighted by Gasteiger charge is 2.24. The van der Waals surface area contributed by atoms with E-state index in [0.29, 0.717) is 17.5 Å². The van der Waals surface area contributed by atoms with Gasteiger partial charge in [-0.1, -0.05) is 12.5 Å². The highest BCUT2D eigenvalue weighted by Crippen LogP contribution is 2.37. The van der Waals surface area contributed by atoms with Crippen molar-refractivity contribution in [3.63, 3.8) is 0 Å². The molecule has 2 aromatic rings. The van der Waals surface area contributed by atoms with Crippen LogP contribution < -0.4 is 10.5 Å². The first kappa shape index (κ1) is 13.9. The molecule has 0 bridgehead atoms. The van der Waals surface area contributed by atoms with Crippen molar-refractivity contribution in [2.45, 2.75) is 37.7 Å². The molecule has 1 aromatic heterocycles. The van der Waals surface area contributed by atoms with Gasteiger partial charge in [-0.15, -0.1) is 0 Å². The summed E-state index contributed by atoms with van der Waals surface area (Å²) >= 11 is 0. The molecule has 1 unspecified atom stereocenters. The van der Waals surface area contributed by atoms with E-state index in [4.69, 9.17) is 10.5 Å². The summed E-state index contributed by atoms with van der Waals surface area (Å²) in [5, 5.41) is 9.88. The SMILES string of the molecule is Nc1ccc(Oc2ncccc2[C@H]2CCCC(O)C2)cc1. The zero-order valence-corrected chi connectivity index (χ0v) is 11.9. The number of hydrogen-bond acceptors (Lipinski definition) is 4. The van der Waals surface area contributed by atoms with E-state index in [1.807, 2.05) is 36.4 Å². The molecule has 2 atom stereocenters. The van der Waals surface area contributed by atoms with Crippen molar-refractivity contribution in [3.8, 4) is 11.6 Å². The quantitative estimate of drug-likeness (QED) is 0.847. The van der Waals surface area contributed by atoms with Crippen molar-refractivity contribution >= 4 is 5.69 Å². The van der Waals surface area contributed by atoms with Gasteiger partial charge in [0.2, 0.25) is 5.88 Å². The van der Waals surface area contributed by atoms with E-state index in [2.05, 4.69) is 4.98 Å². The summed E-state index contributed by atoms with van der Waals surface area (Å²) in [6, 6.07) is 11.3. The van der Waals surface area contributed by atoms with Gasteiger partial charge in [0, 0.05) is 17.4 Å². The summed E-state index contributed by atoms with van der Waals surface area (Å²) in [6.45, 7) is 0. The molecule has 1 aliphatic rings. The maximum atomic E-state index is 9.88. The van der Waals surface area contributed by atoms with Crippen LogP contribution in [0.25, 0.3) is 0 Å². The minimum atomic E-state index is -0.215. The van der Waals surface area contributed by atoms with Crippen molar-refractivity contribution in [3.05, 3.63) is 48.2 Å². The van der Waals surface area contributed by atoms with Crippen LogP contribution in [0.4, 0.5) is 5.69 Å². The topological polar surface area (TPSA) is 68.4 Å². The largest absolute Gasteiger partial charge is 0.439 e. The average molecular weight is 284 g/mol. The fraction of sp³-hybridized carbons (Fsp3) is 0.353. The van der Waals surface area contributed by atoms with Gasteiger partial charge in [0.15, 0.2) is 0 Å². The number of aromatic nitrogens is 1. The van der Waals surface area contributed by atoms with Gasteiger partial charge in [0.1, 0.15) is 5.75 Å². The lowest BCUT2D eigenvalue weighted by atomic mass is 9.83. The fourth-order valence-corrected chi connectivity index (χ4v) is 2.89. The number of nitrogens with two attached hydrogens (primary N) is 1. The third-order valence-corrected chi connectivity index (χ3v) is 3.98. The number of rotatable bonds is 3. The molecule has 1 fully saturated rings. The molecule has 0 aliphatic heterocycles. The molecule has 4 nitrogen and oxygen atoms in total. The monoisotopic (exact) mass is 284 g/mol. The Bertz CT molecular complexity index is 598. The molecule has 3 N–H and O–H groups in total. The highest BCUT2D eigenvalue weighted by molar-refractivity contribution is 5.43. The van der Waals surface area contributed by atoms with Gasteiger partial charge in [-0.3, -0.25) is 0 Å². The van der Waals surface area contributed by atoms with E-state index < -0.39 is 0 Å². The number of nitrogens with zero attached hydrogens (tertiary/aromatic N) is 1. The molecule has 1 heterocycles. The Kier molecular flexibility index (Phi) is 4.06. The molecule has 4 heteroatoms. The van der Waals surface area contributed by atoms with Crippen LogP contribution in [0.15, 0.2) is 42.6 Å². The maximum Gasteiger partial charge on any atom is 0.222 e. The first-order valence-electron chi connectivity index (χ1n) is 7.39. The van der Waals surface area contributed by atoms with Crippen LogP contribution in [0.2, 0.25) is 0 Å². The molecule has 110 valence electrons. The molecule has 1 aliphatic carbocycles. The Morgan fingerprint density at radius 3 is 2.71 bits per heavy atom. The molecule has 0 saturated heterocycles. The normalized spacial score (nSPS) is 22.0. The Labute approximate surface area is 124 Å². The summed E-state index contributed by atoms with van der Waals surface area (Å²) in [5.41, 5.74) is 7.47. The number of hydrogen-bond donors (Lipinski definition) is 2. The number of pyridine rings is 1. The number of benzene rings is 1. The van der Waals surface area contributed by atoms with Crippen molar-refractivity contribution in [1.82, 2.24) is 4.98 Å². The molecule has 0 amide bonds. The zero-order chi connectivity index (χ0) is 14.7.